The lowest BCUT2D eigenvalue weighted by Gasteiger charge is -2.06. The van der Waals surface area contributed by atoms with Crippen LogP contribution >= 0.6 is 15.9 Å². The number of nitrogens with one attached hydrogen (secondary N) is 1. The van der Waals surface area contributed by atoms with Gasteiger partial charge in [-0.05, 0) is 34.1 Å². The second kappa shape index (κ2) is 6.17. The highest BCUT2D eigenvalue weighted by atomic mass is 79.9. The third-order valence-electron chi connectivity index (χ3n) is 1.88. The summed E-state index contributed by atoms with van der Waals surface area (Å²) < 4.78 is 0.608. The smallest absolute Gasteiger partial charge is 0.335 e. The number of hydrogen-bond donors (Lipinski definition) is 3. The summed E-state index contributed by atoms with van der Waals surface area (Å²) >= 11 is 3.22. The van der Waals surface area contributed by atoms with E-state index >= 15 is 0 Å². The van der Waals surface area contributed by atoms with Crippen LogP contribution in [-0.4, -0.2) is 23.5 Å². The van der Waals surface area contributed by atoms with Crippen LogP contribution in [0, 0.1) is 0 Å². The van der Waals surface area contributed by atoms with Crippen molar-refractivity contribution in [3.05, 3.63) is 40.4 Å². The molecule has 0 radical (unpaired) electrons. The van der Waals surface area contributed by atoms with Crippen molar-refractivity contribution in [1.29, 1.82) is 0 Å². The summed E-state index contributed by atoms with van der Waals surface area (Å²) in [5.41, 5.74) is 5.71. The predicted octanol–water partition coefficient (Wildman–Crippen LogP) is 1.60. The maximum absolute atomic E-state index is 11.4. The van der Waals surface area contributed by atoms with Crippen molar-refractivity contribution in [2.24, 2.45) is 5.73 Å². The first kappa shape index (κ1) is 13.4. The molecule has 1 aromatic rings. The average Bonchev–Trinajstić information content (AvgIpc) is 2.29. The first-order chi connectivity index (χ1) is 8.04. The number of carbonyl (C=O) groups is 2. The van der Waals surface area contributed by atoms with Gasteiger partial charge in [0, 0.05) is 17.1 Å². The second-order valence-corrected chi connectivity index (χ2v) is 3.98. The first-order valence-corrected chi connectivity index (χ1v) is 5.54. The Morgan fingerprint density at radius 1 is 1.47 bits per heavy atom. The normalized spacial score (nSPS) is 10.5. The SMILES string of the molecule is NC/C=C/C(=O)Nc1cc(C(=O)O)ccc1Br. The monoisotopic (exact) mass is 298 g/mol. The minimum Gasteiger partial charge on any atom is -0.478 e. The molecule has 0 fully saturated rings. The van der Waals surface area contributed by atoms with Crippen LogP contribution < -0.4 is 11.1 Å². The number of amides is 1. The molecule has 0 atom stereocenters. The fourth-order valence-corrected chi connectivity index (χ4v) is 1.45. The summed E-state index contributed by atoms with van der Waals surface area (Å²) in [5, 5.41) is 11.4. The van der Waals surface area contributed by atoms with E-state index in [0.29, 0.717) is 10.2 Å². The van der Waals surface area contributed by atoms with Gasteiger partial charge in [-0.25, -0.2) is 4.79 Å². The highest BCUT2D eigenvalue weighted by molar-refractivity contribution is 9.10. The Morgan fingerprint density at radius 3 is 2.76 bits per heavy atom. The lowest BCUT2D eigenvalue weighted by Crippen LogP contribution is -2.10. The number of anilines is 1. The summed E-state index contributed by atoms with van der Waals surface area (Å²) in [7, 11) is 0. The van der Waals surface area contributed by atoms with Gasteiger partial charge in [0.25, 0.3) is 0 Å². The van der Waals surface area contributed by atoms with Crippen molar-refractivity contribution < 1.29 is 14.7 Å². The van der Waals surface area contributed by atoms with Gasteiger partial charge in [0.2, 0.25) is 5.91 Å². The summed E-state index contributed by atoms with van der Waals surface area (Å²) in [5.74, 6) is -1.41. The van der Waals surface area contributed by atoms with Crippen LogP contribution in [0.1, 0.15) is 10.4 Å². The molecule has 0 aromatic heterocycles. The van der Waals surface area contributed by atoms with E-state index in [0.717, 1.165) is 0 Å². The maximum atomic E-state index is 11.4. The van der Waals surface area contributed by atoms with E-state index in [2.05, 4.69) is 21.2 Å². The average molecular weight is 299 g/mol. The number of hydrogen-bond acceptors (Lipinski definition) is 3. The Balaban J connectivity index is 2.90. The van der Waals surface area contributed by atoms with Gasteiger partial charge in [-0.3, -0.25) is 4.79 Å². The summed E-state index contributed by atoms with van der Waals surface area (Å²) in [6.07, 6.45) is 2.80. The minimum absolute atomic E-state index is 0.103. The van der Waals surface area contributed by atoms with Crippen LogP contribution in [0.4, 0.5) is 5.69 Å². The molecule has 4 N–H and O–H groups in total. The number of benzene rings is 1. The molecule has 0 unspecified atom stereocenters. The standard InChI is InChI=1S/C11H11BrN2O3/c12-8-4-3-7(11(16)17)6-9(8)14-10(15)2-1-5-13/h1-4,6H,5,13H2,(H,14,15)(H,16,17)/b2-1+. The molecule has 0 spiro atoms. The fraction of sp³-hybridized carbons (Fsp3) is 0.0909. The Labute approximate surface area is 106 Å². The molecule has 5 nitrogen and oxygen atoms in total. The lowest BCUT2D eigenvalue weighted by molar-refractivity contribution is -0.111. The highest BCUT2D eigenvalue weighted by Gasteiger charge is 2.08. The largest absolute Gasteiger partial charge is 0.478 e. The van der Waals surface area contributed by atoms with Gasteiger partial charge in [0.05, 0.1) is 11.3 Å². The number of aromatic carboxylic acids is 1. The van der Waals surface area contributed by atoms with E-state index in [1.807, 2.05) is 0 Å². The van der Waals surface area contributed by atoms with Crippen LogP contribution in [0.5, 0.6) is 0 Å². The molecule has 6 heteroatoms. The topological polar surface area (TPSA) is 92.4 Å². The van der Waals surface area contributed by atoms with Crippen LogP contribution in [-0.2, 0) is 4.79 Å². The third kappa shape index (κ3) is 4.01. The van der Waals surface area contributed by atoms with E-state index in [4.69, 9.17) is 10.8 Å². The van der Waals surface area contributed by atoms with E-state index in [1.54, 1.807) is 6.07 Å². The number of carboxylic acid groups (broad SMARTS) is 1. The zero-order chi connectivity index (χ0) is 12.8. The van der Waals surface area contributed by atoms with Crippen molar-refractivity contribution in [3.63, 3.8) is 0 Å². The molecule has 0 aliphatic heterocycles. The van der Waals surface area contributed by atoms with Gasteiger partial charge in [0.1, 0.15) is 0 Å². The van der Waals surface area contributed by atoms with E-state index in [1.165, 1.54) is 24.3 Å². The molecule has 1 amide bonds. The summed E-state index contributed by atoms with van der Waals surface area (Å²) in [6, 6.07) is 4.38. The Hall–Kier alpha value is -1.66. The van der Waals surface area contributed by atoms with E-state index < -0.39 is 5.97 Å². The molecular weight excluding hydrogens is 288 g/mol. The van der Waals surface area contributed by atoms with Gasteiger partial charge in [0.15, 0.2) is 0 Å². The van der Waals surface area contributed by atoms with Crippen LogP contribution in [0.15, 0.2) is 34.8 Å². The Kier molecular flexibility index (Phi) is 4.86. The quantitative estimate of drug-likeness (QED) is 0.736. The molecule has 1 rings (SSSR count). The number of carboxylic acids is 1. The Bertz CT molecular complexity index is 472. The molecule has 90 valence electrons. The lowest BCUT2D eigenvalue weighted by atomic mass is 10.2. The zero-order valence-corrected chi connectivity index (χ0v) is 10.4. The van der Waals surface area contributed by atoms with Crippen LogP contribution in [0.3, 0.4) is 0 Å². The van der Waals surface area contributed by atoms with Crippen molar-refractivity contribution in [3.8, 4) is 0 Å². The van der Waals surface area contributed by atoms with Crippen molar-refractivity contribution in [1.82, 2.24) is 0 Å². The second-order valence-electron chi connectivity index (χ2n) is 3.13. The maximum Gasteiger partial charge on any atom is 0.335 e. The molecule has 0 saturated carbocycles. The van der Waals surface area contributed by atoms with Gasteiger partial charge in [-0.1, -0.05) is 6.08 Å². The molecule has 0 heterocycles. The van der Waals surface area contributed by atoms with Gasteiger partial charge < -0.3 is 16.2 Å². The zero-order valence-electron chi connectivity index (χ0n) is 8.81. The van der Waals surface area contributed by atoms with Crippen molar-refractivity contribution >= 4 is 33.5 Å². The van der Waals surface area contributed by atoms with Gasteiger partial charge in [-0.2, -0.15) is 0 Å². The fourth-order valence-electron chi connectivity index (χ4n) is 1.10. The molecule has 17 heavy (non-hydrogen) atoms. The number of rotatable bonds is 4. The summed E-state index contributed by atoms with van der Waals surface area (Å²) in [4.78, 5) is 22.1. The van der Waals surface area contributed by atoms with Crippen LogP contribution in [0.2, 0.25) is 0 Å². The molecular formula is C11H11BrN2O3. The highest BCUT2D eigenvalue weighted by Crippen LogP contribution is 2.23. The molecule has 1 aromatic carbocycles. The number of carbonyl (C=O) groups excluding carboxylic acids is 1. The van der Waals surface area contributed by atoms with Crippen molar-refractivity contribution in [2.75, 3.05) is 11.9 Å². The predicted molar refractivity (Wildman–Crippen MR) is 67.9 cm³/mol. The van der Waals surface area contributed by atoms with Gasteiger partial charge in [-0.15, -0.1) is 0 Å². The van der Waals surface area contributed by atoms with Crippen molar-refractivity contribution in [2.45, 2.75) is 0 Å². The van der Waals surface area contributed by atoms with Crippen LogP contribution in [0.25, 0.3) is 0 Å². The third-order valence-corrected chi connectivity index (χ3v) is 2.57. The molecule has 0 aliphatic carbocycles. The number of nitrogens with two attached hydrogens (primary N) is 1. The van der Waals surface area contributed by atoms with Gasteiger partial charge >= 0.3 is 5.97 Å². The minimum atomic E-state index is -1.05. The molecule has 0 aliphatic rings. The summed E-state index contributed by atoms with van der Waals surface area (Å²) in [6.45, 7) is 0.268. The number of halogens is 1. The molecule has 0 saturated heterocycles. The Morgan fingerprint density at radius 2 is 2.18 bits per heavy atom. The first-order valence-electron chi connectivity index (χ1n) is 4.75. The van der Waals surface area contributed by atoms with E-state index in [9.17, 15) is 9.59 Å². The van der Waals surface area contributed by atoms with E-state index in [-0.39, 0.29) is 18.0 Å². The molecule has 0 bridgehead atoms.